The van der Waals surface area contributed by atoms with Crippen molar-refractivity contribution in [2.75, 3.05) is 18.6 Å². The van der Waals surface area contributed by atoms with Crippen LogP contribution in [0.4, 0.5) is 4.79 Å². The second-order valence-corrected chi connectivity index (χ2v) is 8.14. The van der Waals surface area contributed by atoms with E-state index in [2.05, 4.69) is 11.4 Å². The Balaban J connectivity index is 1.65. The molecule has 0 aromatic heterocycles. The van der Waals surface area contributed by atoms with Crippen molar-refractivity contribution in [1.82, 2.24) is 10.2 Å². The first kappa shape index (κ1) is 14.4. The minimum absolute atomic E-state index is 0.0363. The number of benzene rings is 1. The van der Waals surface area contributed by atoms with Gasteiger partial charge in [0, 0.05) is 13.1 Å². The standard InChI is InChI=1S/C15H20N2O3S/c1-17(12-8-9-21(19,20)10-12)15(18)16-14-7-6-11-4-2-3-5-13(11)14/h2-5,12,14H,6-10H2,1H3,(H,16,18). The van der Waals surface area contributed by atoms with Crippen LogP contribution in [0.3, 0.4) is 0 Å². The molecule has 6 heteroatoms. The van der Waals surface area contributed by atoms with E-state index in [4.69, 9.17) is 0 Å². The third-order valence-electron chi connectivity index (χ3n) is 4.51. The number of nitrogens with one attached hydrogen (secondary N) is 1. The number of rotatable bonds is 2. The molecule has 2 unspecified atom stereocenters. The number of urea groups is 1. The average Bonchev–Trinajstić information content (AvgIpc) is 3.02. The molecule has 5 nitrogen and oxygen atoms in total. The van der Waals surface area contributed by atoms with E-state index in [9.17, 15) is 13.2 Å². The van der Waals surface area contributed by atoms with Crippen LogP contribution in [0.25, 0.3) is 0 Å². The lowest BCUT2D eigenvalue weighted by molar-refractivity contribution is 0.191. The Morgan fingerprint density at radius 2 is 2.05 bits per heavy atom. The van der Waals surface area contributed by atoms with Gasteiger partial charge < -0.3 is 10.2 Å². The molecule has 1 aliphatic heterocycles. The summed E-state index contributed by atoms with van der Waals surface area (Å²) < 4.78 is 23.0. The molecule has 1 heterocycles. The highest BCUT2D eigenvalue weighted by Gasteiger charge is 2.34. The Morgan fingerprint density at radius 3 is 2.76 bits per heavy atom. The van der Waals surface area contributed by atoms with Crippen molar-refractivity contribution < 1.29 is 13.2 Å². The Hall–Kier alpha value is -1.56. The van der Waals surface area contributed by atoms with Crippen LogP contribution in [0.2, 0.25) is 0 Å². The fourth-order valence-electron chi connectivity index (χ4n) is 3.20. The number of carbonyl (C=O) groups is 1. The summed E-state index contributed by atoms with van der Waals surface area (Å²) in [6.45, 7) is 0. The van der Waals surface area contributed by atoms with Crippen LogP contribution in [-0.4, -0.2) is 43.9 Å². The first-order valence-electron chi connectivity index (χ1n) is 7.28. The number of hydrogen-bond acceptors (Lipinski definition) is 3. The van der Waals surface area contributed by atoms with Crippen molar-refractivity contribution in [3.8, 4) is 0 Å². The van der Waals surface area contributed by atoms with Crippen LogP contribution < -0.4 is 5.32 Å². The first-order chi connectivity index (χ1) is 9.96. The van der Waals surface area contributed by atoms with Crippen molar-refractivity contribution in [2.24, 2.45) is 0 Å². The highest BCUT2D eigenvalue weighted by molar-refractivity contribution is 7.91. The minimum atomic E-state index is -2.97. The van der Waals surface area contributed by atoms with Gasteiger partial charge in [-0.3, -0.25) is 0 Å². The molecule has 0 spiro atoms. The topological polar surface area (TPSA) is 66.5 Å². The first-order valence-corrected chi connectivity index (χ1v) is 9.10. The molecule has 1 N–H and O–H groups in total. The maximum absolute atomic E-state index is 12.3. The van der Waals surface area contributed by atoms with Gasteiger partial charge in [-0.25, -0.2) is 13.2 Å². The van der Waals surface area contributed by atoms with Crippen LogP contribution in [-0.2, 0) is 16.3 Å². The van der Waals surface area contributed by atoms with E-state index in [-0.39, 0.29) is 29.6 Å². The number of sulfone groups is 1. The van der Waals surface area contributed by atoms with Gasteiger partial charge in [0.1, 0.15) is 0 Å². The maximum Gasteiger partial charge on any atom is 0.317 e. The highest BCUT2D eigenvalue weighted by atomic mass is 32.2. The summed E-state index contributed by atoms with van der Waals surface area (Å²) in [6.07, 6.45) is 2.41. The van der Waals surface area contributed by atoms with Gasteiger partial charge in [-0.15, -0.1) is 0 Å². The lowest BCUT2D eigenvalue weighted by Gasteiger charge is -2.26. The van der Waals surface area contributed by atoms with Gasteiger partial charge in [0.2, 0.25) is 0 Å². The van der Waals surface area contributed by atoms with Crippen LogP contribution in [0.1, 0.15) is 30.0 Å². The molecule has 0 bridgehead atoms. The molecule has 1 aromatic rings. The normalized spacial score (nSPS) is 26.3. The van der Waals surface area contributed by atoms with Crippen LogP contribution in [0.15, 0.2) is 24.3 Å². The smallest absolute Gasteiger partial charge is 0.317 e. The van der Waals surface area contributed by atoms with E-state index in [1.165, 1.54) is 11.1 Å². The summed E-state index contributed by atoms with van der Waals surface area (Å²) in [6, 6.07) is 7.79. The van der Waals surface area contributed by atoms with Gasteiger partial charge in [-0.2, -0.15) is 0 Å². The summed E-state index contributed by atoms with van der Waals surface area (Å²) >= 11 is 0. The third-order valence-corrected chi connectivity index (χ3v) is 6.26. The molecule has 2 amide bonds. The van der Waals surface area contributed by atoms with E-state index in [1.54, 1.807) is 11.9 Å². The zero-order chi connectivity index (χ0) is 15.0. The lowest BCUT2D eigenvalue weighted by atomic mass is 10.1. The minimum Gasteiger partial charge on any atom is -0.331 e. The number of aryl methyl sites for hydroxylation is 1. The average molecular weight is 308 g/mol. The Kier molecular flexibility index (Phi) is 3.65. The lowest BCUT2D eigenvalue weighted by Crippen LogP contribution is -2.45. The molecule has 114 valence electrons. The van der Waals surface area contributed by atoms with Crippen molar-refractivity contribution >= 4 is 15.9 Å². The molecule has 1 fully saturated rings. The number of amides is 2. The zero-order valence-corrected chi connectivity index (χ0v) is 12.9. The second kappa shape index (κ2) is 5.33. The van der Waals surface area contributed by atoms with Crippen LogP contribution >= 0.6 is 0 Å². The molecular weight excluding hydrogens is 288 g/mol. The molecule has 0 radical (unpaired) electrons. The fourth-order valence-corrected chi connectivity index (χ4v) is 4.98. The molecule has 2 aliphatic rings. The van der Waals surface area contributed by atoms with Crippen molar-refractivity contribution in [2.45, 2.75) is 31.3 Å². The van der Waals surface area contributed by atoms with Gasteiger partial charge in [0.05, 0.1) is 17.5 Å². The predicted molar refractivity (Wildman–Crippen MR) is 80.9 cm³/mol. The molecule has 3 rings (SSSR count). The third kappa shape index (κ3) is 2.90. The van der Waals surface area contributed by atoms with Crippen molar-refractivity contribution in [3.63, 3.8) is 0 Å². The molecule has 0 saturated carbocycles. The summed E-state index contributed by atoms with van der Waals surface area (Å²) in [5.74, 6) is 0.264. The van der Waals surface area contributed by atoms with Crippen molar-refractivity contribution in [1.29, 1.82) is 0 Å². The molecule has 21 heavy (non-hydrogen) atoms. The van der Waals surface area contributed by atoms with Gasteiger partial charge in [0.15, 0.2) is 9.84 Å². The molecule has 1 saturated heterocycles. The summed E-state index contributed by atoms with van der Waals surface area (Å²) in [5.41, 5.74) is 2.46. The predicted octanol–water partition coefficient (Wildman–Crippen LogP) is 1.50. The van der Waals surface area contributed by atoms with Gasteiger partial charge >= 0.3 is 6.03 Å². The highest BCUT2D eigenvalue weighted by Crippen LogP contribution is 2.31. The van der Waals surface area contributed by atoms with E-state index in [0.29, 0.717) is 6.42 Å². The number of carbonyl (C=O) groups excluding carboxylic acids is 1. The number of fused-ring (bicyclic) bond motifs is 1. The SMILES string of the molecule is CN(C(=O)NC1CCc2ccccc21)C1CCS(=O)(=O)C1. The van der Waals surface area contributed by atoms with E-state index >= 15 is 0 Å². The van der Waals surface area contributed by atoms with E-state index in [0.717, 1.165) is 12.8 Å². The molecular formula is C15H20N2O3S. The monoisotopic (exact) mass is 308 g/mol. The maximum atomic E-state index is 12.3. The quantitative estimate of drug-likeness (QED) is 0.900. The number of hydrogen-bond donors (Lipinski definition) is 1. The Bertz CT molecular complexity index is 657. The van der Waals surface area contributed by atoms with Crippen LogP contribution in [0.5, 0.6) is 0 Å². The van der Waals surface area contributed by atoms with Gasteiger partial charge in [-0.1, -0.05) is 24.3 Å². The Morgan fingerprint density at radius 1 is 1.29 bits per heavy atom. The van der Waals surface area contributed by atoms with Gasteiger partial charge in [0.25, 0.3) is 0 Å². The summed E-state index contributed by atoms with van der Waals surface area (Å²) in [7, 11) is -1.29. The number of nitrogens with zero attached hydrogens (tertiary/aromatic N) is 1. The van der Waals surface area contributed by atoms with Gasteiger partial charge in [-0.05, 0) is 30.4 Å². The summed E-state index contributed by atoms with van der Waals surface area (Å²) in [5, 5.41) is 3.03. The zero-order valence-electron chi connectivity index (χ0n) is 12.1. The Labute approximate surface area is 125 Å². The van der Waals surface area contributed by atoms with E-state index < -0.39 is 9.84 Å². The largest absolute Gasteiger partial charge is 0.331 e. The van der Waals surface area contributed by atoms with E-state index in [1.807, 2.05) is 18.2 Å². The van der Waals surface area contributed by atoms with Crippen molar-refractivity contribution in [3.05, 3.63) is 35.4 Å². The van der Waals surface area contributed by atoms with Crippen LogP contribution in [0, 0.1) is 0 Å². The molecule has 1 aromatic carbocycles. The fraction of sp³-hybridized carbons (Fsp3) is 0.533. The molecule has 2 atom stereocenters. The molecule has 1 aliphatic carbocycles. The second-order valence-electron chi connectivity index (χ2n) is 5.91. The summed E-state index contributed by atoms with van der Waals surface area (Å²) in [4.78, 5) is 13.9.